The van der Waals surface area contributed by atoms with E-state index in [0.29, 0.717) is 6.54 Å². The molecule has 0 unspecified atom stereocenters. The predicted octanol–water partition coefficient (Wildman–Crippen LogP) is 1.19. The first-order valence-electron chi connectivity index (χ1n) is 6.61. The van der Waals surface area contributed by atoms with Gasteiger partial charge in [-0.05, 0) is 31.0 Å². The number of nitrogens with two attached hydrogens (primary N) is 1. The van der Waals surface area contributed by atoms with E-state index >= 15 is 0 Å². The van der Waals surface area contributed by atoms with Crippen molar-refractivity contribution in [3.63, 3.8) is 0 Å². The molecule has 1 fully saturated rings. The van der Waals surface area contributed by atoms with E-state index in [1.54, 1.807) is 4.90 Å². The number of hydrogen-bond donors (Lipinski definition) is 1. The second kappa shape index (κ2) is 5.74. The van der Waals surface area contributed by atoms with Gasteiger partial charge in [0.2, 0.25) is 0 Å². The lowest BCUT2D eigenvalue weighted by Gasteiger charge is -2.21. The quantitative estimate of drug-likeness (QED) is 0.823. The molecule has 0 atom stereocenters. The van der Waals surface area contributed by atoms with Crippen LogP contribution in [0.15, 0.2) is 23.1 Å². The summed E-state index contributed by atoms with van der Waals surface area (Å²) in [5.41, 5.74) is 6.18. The lowest BCUT2D eigenvalue weighted by atomic mass is 10.1. The van der Waals surface area contributed by atoms with Gasteiger partial charge >= 0.3 is 0 Å². The smallest absolute Gasteiger partial charge is 0.254 e. The molecule has 0 spiro atoms. The minimum Gasteiger partial charge on any atom is -0.399 e. The van der Waals surface area contributed by atoms with Crippen molar-refractivity contribution in [1.29, 1.82) is 5.26 Å². The van der Waals surface area contributed by atoms with Crippen LogP contribution in [0.1, 0.15) is 29.6 Å². The van der Waals surface area contributed by atoms with Gasteiger partial charge in [0.15, 0.2) is 9.84 Å². The van der Waals surface area contributed by atoms with Crippen molar-refractivity contribution in [3.05, 3.63) is 23.8 Å². The molecule has 0 aliphatic heterocycles. The highest BCUT2D eigenvalue weighted by Gasteiger charge is 2.33. The number of nitriles is 1. The Kier molecular flexibility index (Phi) is 4.19. The van der Waals surface area contributed by atoms with Crippen molar-refractivity contribution in [2.45, 2.75) is 30.2 Å². The van der Waals surface area contributed by atoms with Crippen LogP contribution in [0.5, 0.6) is 0 Å². The molecule has 1 amide bonds. The summed E-state index contributed by atoms with van der Waals surface area (Å²) in [4.78, 5) is 14.2. The molecule has 1 saturated carbocycles. The van der Waals surface area contributed by atoms with E-state index in [9.17, 15) is 13.2 Å². The van der Waals surface area contributed by atoms with Crippen LogP contribution in [-0.4, -0.2) is 38.1 Å². The summed E-state index contributed by atoms with van der Waals surface area (Å²) in [5, 5.41) is 8.68. The van der Waals surface area contributed by atoms with Crippen LogP contribution in [0.3, 0.4) is 0 Å². The van der Waals surface area contributed by atoms with E-state index in [1.165, 1.54) is 18.2 Å². The Bertz CT molecular complexity index is 703. The zero-order valence-electron chi connectivity index (χ0n) is 11.7. The van der Waals surface area contributed by atoms with Crippen LogP contribution in [0.25, 0.3) is 0 Å². The first-order valence-corrected chi connectivity index (χ1v) is 8.50. The fraction of sp³-hybridized carbons (Fsp3) is 0.429. The molecule has 0 saturated heterocycles. The molecule has 1 aliphatic rings. The molecule has 2 N–H and O–H groups in total. The van der Waals surface area contributed by atoms with E-state index in [2.05, 4.69) is 0 Å². The monoisotopic (exact) mass is 307 g/mol. The van der Waals surface area contributed by atoms with Crippen molar-refractivity contribution < 1.29 is 13.2 Å². The van der Waals surface area contributed by atoms with Crippen LogP contribution in [0.2, 0.25) is 0 Å². The second-order valence-corrected chi connectivity index (χ2v) is 7.22. The van der Waals surface area contributed by atoms with Gasteiger partial charge in [0.25, 0.3) is 5.91 Å². The summed E-state index contributed by atoms with van der Waals surface area (Å²) in [5.74, 6) is -0.273. The third-order valence-electron chi connectivity index (χ3n) is 3.32. The van der Waals surface area contributed by atoms with Gasteiger partial charge in [0.05, 0.1) is 17.4 Å². The first kappa shape index (κ1) is 15.3. The number of benzene rings is 1. The normalized spacial score (nSPS) is 14.5. The summed E-state index contributed by atoms with van der Waals surface area (Å²) >= 11 is 0. The summed E-state index contributed by atoms with van der Waals surface area (Å²) in [7, 11) is -3.43. The Morgan fingerprint density at radius 1 is 1.43 bits per heavy atom. The molecule has 2 rings (SSSR count). The molecule has 0 bridgehead atoms. The average Bonchev–Trinajstić information content (AvgIpc) is 3.22. The van der Waals surface area contributed by atoms with Crippen LogP contribution in [-0.2, 0) is 9.84 Å². The largest absolute Gasteiger partial charge is 0.399 e. The van der Waals surface area contributed by atoms with Crippen molar-refractivity contribution in [2.24, 2.45) is 0 Å². The van der Waals surface area contributed by atoms with E-state index < -0.39 is 9.84 Å². The Balaban J connectivity index is 2.33. The zero-order chi connectivity index (χ0) is 15.6. The van der Waals surface area contributed by atoms with Crippen molar-refractivity contribution in [2.75, 3.05) is 18.5 Å². The molecule has 21 heavy (non-hydrogen) atoms. The molecular formula is C14H17N3O3S. The van der Waals surface area contributed by atoms with E-state index in [-0.39, 0.29) is 34.5 Å². The number of rotatable bonds is 5. The van der Waals surface area contributed by atoms with Gasteiger partial charge in [-0.1, -0.05) is 0 Å². The maximum Gasteiger partial charge on any atom is 0.254 e. The number of carbonyl (C=O) groups excluding carboxylic acids is 1. The molecule has 0 aromatic heterocycles. The summed E-state index contributed by atoms with van der Waals surface area (Å²) in [6.45, 7) is 0.350. The number of sulfone groups is 1. The molecule has 0 heterocycles. The Morgan fingerprint density at radius 2 is 2.10 bits per heavy atom. The third kappa shape index (κ3) is 3.73. The van der Waals surface area contributed by atoms with Crippen LogP contribution in [0.4, 0.5) is 5.69 Å². The minimum absolute atomic E-state index is 0.0295. The molecule has 6 nitrogen and oxygen atoms in total. The maximum absolute atomic E-state index is 12.5. The summed E-state index contributed by atoms with van der Waals surface area (Å²) in [6, 6.07) is 6.32. The number of nitrogens with zero attached hydrogens (tertiary/aromatic N) is 2. The lowest BCUT2D eigenvalue weighted by molar-refractivity contribution is 0.0746. The number of nitrogen functional groups attached to an aromatic ring is 1. The number of anilines is 1. The average molecular weight is 307 g/mol. The zero-order valence-corrected chi connectivity index (χ0v) is 12.6. The predicted molar refractivity (Wildman–Crippen MR) is 78.3 cm³/mol. The SMILES string of the molecule is CS(=O)(=O)c1cc(N)cc(C(=O)N(CCC#N)C2CC2)c1. The highest BCUT2D eigenvalue weighted by Crippen LogP contribution is 2.29. The fourth-order valence-electron chi connectivity index (χ4n) is 2.13. The van der Waals surface area contributed by atoms with Crippen molar-refractivity contribution in [1.82, 2.24) is 4.90 Å². The molecule has 7 heteroatoms. The first-order chi connectivity index (χ1) is 9.82. The molecule has 1 aromatic carbocycles. The van der Waals surface area contributed by atoms with Gasteiger partial charge in [0, 0.05) is 30.1 Å². The van der Waals surface area contributed by atoms with Crippen molar-refractivity contribution in [3.8, 4) is 6.07 Å². The molecular weight excluding hydrogens is 290 g/mol. The van der Waals surface area contributed by atoms with Crippen LogP contribution < -0.4 is 5.73 Å². The van der Waals surface area contributed by atoms with Gasteiger partial charge in [0.1, 0.15) is 0 Å². The van der Waals surface area contributed by atoms with Gasteiger partial charge in [-0.3, -0.25) is 4.79 Å². The Morgan fingerprint density at radius 3 is 2.62 bits per heavy atom. The van der Waals surface area contributed by atoms with E-state index in [1.807, 2.05) is 6.07 Å². The number of amides is 1. The van der Waals surface area contributed by atoms with Gasteiger partial charge < -0.3 is 10.6 Å². The summed E-state index contributed by atoms with van der Waals surface area (Å²) in [6.07, 6.45) is 3.16. The number of carbonyl (C=O) groups is 1. The highest BCUT2D eigenvalue weighted by atomic mass is 32.2. The highest BCUT2D eigenvalue weighted by molar-refractivity contribution is 7.90. The minimum atomic E-state index is -3.43. The molecule has 0 radical (unpaired) electrons. The van der Waals surface area contributed by atoms with E-state index in [4.69, 9.17) is 11.0 Å². The van der Waals surface area contributed by atoms with Crippen molar-refractivity contribution >= 4 is 21.4 Å². The fourth-order valence-corrected chi connectivity index (χ4v) is 2.82. The maximum atomic E-state index is 12.5. The standard InChI is InChI=1S/C14H17N3O3S/c1-21(19,20)13-8-10(7-11(16)9-13)14(18)17(6-2-5-15)12-3-4-12/h7-9,12H,2-4,6,16H2,1H3. The third-order valence-corrected chi connectivity index (χ3v) is 4.41. The molecule has 1 aromatic rings. The number of hydrogen-bond acceptors (Lipinski definition) is 5. The molecule has 1 aliphatic carbocycles. The van der Waals surface area contributed by atoms with Gasteiger partial charge in [-0.2, -0.15) is 5.26 Å². The second-order valence-electron chi connectivity index (χ2n) is 5.20. The topological polar surface area (TPSA) is 104 Å². The van der Waals surface area contributed by atoms with E-state index in [0.717, 1.165) is 19.1 Å². The lowest BCUT2D eigenvalue weighted by Crippen LogP contribution is -2.34. The Hall–Kier alpha value is -2.07. The summed E-state index contributed by atoms with van der Waals surface area (Å²) < 4.78 is 23.2. The van der Waals surface area contributed by atoms with Crippen LogP contribution >= 0.6 is 0 Å². The van der Waals surface area contributed by atoms with Gasteiger partial charge in [-0.25, -0.2) is 8.42 Å². The van der Waals surface area contributed by atoms with Crippen LogP contribution in [0, 0.1) is 11.3 Å². The Labute approximate surface area is 124 Å². The van der Waals surface area contributed by atoms with Gasteiger partial charge in [-0.15, -0.1) is 0 Å². The molecule has 112 valence electrons.